The maximum absolute atomic E-state index is 12.5. The average molecular weight is 195 g/mol. The SMILES string of the molecule is N#CCC#Cc1cnc(F)c(Cl)c1. The predicted octanol–water partition coefficient (Wildman–Crippen LogP) is 2.14. The smallest absolute Gasteiger partial charge is 0.226 e. The quantitative estimate of drug-likeness (QED) is 0.469. The third kappa shape index (κ3) is 2.74. The van der Waals surface area contributed by atoms with Crippen LogP contribution in [0, 0.1) is 29.1 Å². The molecule has 0 saturated carbocycles. The van der Waals surface area contributed by atoms with E-state index in [0.29, 0.717) is 5.56 Å². The first kappa shape index (κ1) is 9.51. The van der Waals surface area contributed by atoms with Crippen molar-refractivity contribution >= 4 is 11.6 Å². The summed E-state index contributed by atoms with van der Waals surface area (Å²) in [6, 6.07) is 3.23. The number of hydrogen-bond donors (Lipinski definition) is 0. The molecule has 0 N–H and O–H groups in total. The van der Waals surface area contributed by atoms with Crippen LogP contribution in [0.4, 0.5) is 4.39 Å². The van der Waals surface area contributed by atoms with Gasteiger partial charge in [-0.2, -0.15) is 9.65 Å². The normalized spacial score (nSPS) is 8.38. The number of halogens is 2. The molecule has 0 aliphatic rings. The first-order chi connectivity index (χ1) is 6.24. The molecule has 0 bridgehead atoms. The highest BCUT2D eigenvalue weighted by Crippen LogP contribution is 2.12. The van der Waals surface area contributed by atoms with Crippen LogP contribution in [0.3, 0.4) is 0 Å². The molecule has 2 nitrogen and oxygen atoms in total. The molecule has 0 fully saturated rings. The Bertz CT molecular complexity index is 412. The Morgan fingerprint density at radius 3 is 3.00 bits per heavy atom. The van der Waals surface area contributed by atoms with Gasteiger partial charge >= 0.3 is 0 Å². The van der Waals surface area contributed by atoms with E-state index >= 15 is 0 Å². The van der Waals surface area contributed by atoms with Gasteiger partial charge in [-0.15, -0.1) is 0 Å². The van der Waals surface area contributed by atoms with Crippen molar-refractivity contribution in [2.24, 2.45) is 0 Å². The van der Waals surface area contributed by atoms with Gasteiger partial charge < -0.3 is 0 Å². The van der Waals surface area contributed by atoms with Crippen LogP contribution >= 0.6 is 11.6 Å². The fourth-order valence-electron chi connectivity index (χ4n) is 0.675. The molecule has 0 spiro atoms. The third-order valence-corrected chi connectivity index (χ3v) is 1.46. The van der Waals surface area contributed by atoms with E-state index in [1.165, 1.54) is 12.3 Å². The van der Waals surface area contributed by atoms with Crippen molar-refractivity contribution in [1.82, 2.24) is 4.98 Å². The largest absolute Gasteiger partial charge is 0.231 e. The monoisotopic (exact) mass is 194 g/mol. The molecule has 0 unspecified atom stereocenters. The van der Waals surface area contributed by atoms with E-state index in [0.717, 1.165) is 0 Å². The molecule has 0 saturated heterocycles. The summed E-state index contributed by atoms with van der Waals surface area (Å²) in [6.07, 6.45) is 1.40. The molecule has 0 aliphatic heterocycles. The Morgan fingerprint density at radius 1 is 1.62 bits per heavy atom. The number of pyridine rings is 1. The Hall–Kier alpha value is -1.58. The molecule has 0 aromatic carbocycles. The van der Waals surface area contributed by atoms with Crippen LogP contribution in [-0.4, -0.2) is 4.98 Å². The van der Waals surface area contributed by atoms with Crippen molar-refractivity contribution in [2.75, 3.05) is 0 Å². The number of nitrogens with zero attached hydrogens (tertiary/aromatic N) is 2. The van der Waals surface area contributed by atoms with E-state index in [2.05, 4.69) is 16.8 Å². The highest BCUT2D eigenvalue weighted by atomic mass is 35.5. The zero-order valence-corrected chi connectivity index (χ0v) is 7.27. The molecule has 4 heteroatoms. The Balaban J connectivity index is 2.89. The van der Waals surface area contributed by atoms with E-state index in [4.69, 9.17) is 16.9 Å². The lowest BCUT2D eigenvalue weighted by molar-refractivity contribution is 0.584. The Morgan fingerprint density at radius 2 is 2.38 bits per heavy atom. The summed E-state index contributed by atoms with van der Waals surface area (Å²) in [5.74, 6) is 4.48. The molecule has 0 atom stereocenters. The molecule has 13 heavy (non-hydrogen) atoms. The van der Waals surface area contributed by atoms with Crippen molar-refractivity contribution in [3.8, 4) is 17.9 Å². The molecule has 0 amide bonds. The van der Waals surface area contributed by atoms with E-state index in [-0.39, 0.29) is 11.4 Å². The van der Waals surface area contributed by atoms with E-state index in [1.54, 1.807) is 0 Å². The van der Waals surface area contributed by atoms with Crippen LogP contribution in [-0.2, 0) is 0 Å². The number of rotatable bonds is 0. The summed E-state index contributed by atoms with van der Waals surface area (Å²) < 4.78 is 12.5. The summed E-state index contributed by atoms with van der Waals surface area (Å²) in [5, 5.41) is 8.12. The maximum Gasteiger partial charge on any atom is 0.231 e. The number of hydrogen-bond acceptors (Lipinski definition) is 2. The van der Waals surface area contributed by atoms with Crippen LogP contribution in [0.5, 0.6) is 0 Å². The van der Waals surface area contributed by atoms with Crippen LogP contribution in [0.2, 0.25) is 5.02 Å². The zero-order chi connectivity index (χ0) is 9.68. The highest BCUT2D eigenvalue weighted by molar-refractivity contribution is 6.30. The molecule has 0 radical (unpaired) electrons. The lowest BCUT2D eigenvalue weighted by Gasteiger charge is -1.92. The molecular formula is C9H4ClFN2. The fraction of sp³-hybridized carbons (Fsp3) is 0.111. The van der Waals surface area contributed by atoms with Crippen molar-refractivity contribution < 1.29 is 4.39 Å². The Kier molecular flexibility index (Phi) is 3.25. The van der Waals surface area contributed by atoms with Gasteiger partial charge in [0.1, 0.15) is 0 Å². The van der Waals surface area contributed by atoms with Crippen LogP contribution < -0.4 is 0 Å². The van der Waals surface area contributed by atoms with Gasteiger partial charge in [-0.05, 0) is 6.07 Å². The molecule has 1 rings (SSSR count). The minimum atomic E-state index is -0.715. The zero-order valence-electron chi connectivity index (χ0n) is 6.51. The predicted molar refractivity (Wildman–Crippen MR) is 46.3 cm³/mol. The van der Waals surface area contributed by atoms with Gasteiger partial charge in [0.2, 0.25) is 5.95 Å². The molecule has 64 valence electrons. The lowest BCUT2D eigenvalue weighted by atomic mass is 10.3. The summed E-state index contributed by atoms with van der Waals surface area (Å²) in [6.45, 7) is 0. The van der Waals surface area contributed by atoms with Crippen LogP contribution in [0.25, 0.3) is 0 Å². The average Bonchev–Trinajstić information content (AvgIpc) is 2.12. The lowest BCUT2D eigenvalue weighted by Crippen LogP contribution is -1.85. The summed E-state index contributed by atoms with van der Waals surface area (Å²) in [4.78, 5) is 3.37. The molecule has 0 aliphatic carbocycles. The van der Waals surface area contributed by atoms with Gasteiger partial charge in [0.25, 0.3) is 0 Å². The van der Waals surface area contributed by atoms with Crippen molar-refractivity contribution in [2.45, 2.75) is 6.42 Å². The summed E-state index contributed by atoms with van der Waals surface area (Å²) >= 11 is 5.46. The van der Waals surface area contributed by atoms with E-state index in [1.807, 2.05) is 6.07 Å². The molecule has 1 aromatic heterocycles. The summed E-state index contributed by atoms with van der Waals surface area (Å²) in [5.41, 5.74) is 0.502. The van der Waals surface area contributed by atoms with Gasteiger partial charge in [-0.3, -0.25) is 0 Å². The van der Waals surface area contributed by atoms with Gasteiger partial charge in [0.05, 0.1) is 17.5 Å². The van der Waals surface area contributed by atoms with Gasteiger partial charge in [0, 0.05) is 11.8 Å². The topological polar surface area (TPSA) is 36.7 Å². The summed E-state index contributed by atoms with van der Waals surface area (Å²) in [7, 11) is 0. The van der Waals surface area contributed by atoms with Gasteiger partial charge in [0.15, 0.2) is 0 Å². The second-order valence-electron chi connectivity index (χ2n) is 2.13. The van der Waals surface area contributed by atoms with Gasteiger partial charge in [-0.1, -0.05) is 23.4 Å². The number of aromatic nitrogens is 1. The Labute approximate surface area is 80.0 Å². The van der Waals surface area contributed by atoms with Crippen LogP contribution in [0.1, 0.15) is 12.0 Å². The van der Waals surface area contributed by atoms with Crippen LogP contribution in [0.15, 0.2) is 12.3 Å². The third-order valence-electron chi connectivity index (χ3n) is 1.20. The highest BCUT2D eigenvalue weighted by Gasteiger charge is 1.99. The van der Waals surface area contributed by atoms with Crippen molar-refractivity contribution in [3.05, 3.63) is 28.8 Å². The van der Waals surface area contributed by atoms with Crippen molar-refractivity contribution in [1.29, 1.82) is 5.26 Å². The van der Waals surface area contributed by atoms with Crippen molar-refractivity contribution in [3.63, 3.8) is 0 Å². The minimum absolute atomic E-state index is 0.0660. The fourth-order valence-corrected chi connectivity index (χ4v) is 0.842. The van der Waals surface area contributed by atoms with E-state index in [9.17, 15) is 4.39 Å². The second kappa shape index (κ2) is 4.45. The first-order valence-corrected chi connectivity index (χ1v) is 3.78. The molecule has 1 aromatic rings. The second-order valence-corrected chi connectivity index (χ2v) is 2.54. The minimum Gasteiger partial charge on any atom is -0.226 e. The number of nitriles is 1. The molecule has 1 heterocycles. The van der Waals surface area contributed by atoms with E-state index < -0.39 is 5.95 Å². The molecular weight excluding hydrogens is 191 g/mol. The maximum atomic E-state index is 12.5. The van der Waals surface area contributed by atoms with Gasteiger partial charge in [-0.25, -0.2) is 4.98 Å². The standard InChI is InChI=1S/C9H4ClFN2/c10-8-5-7(3-1-2-4-12)6-13-9(8)11/h5-6H,2H2. The first-order valence-electron chi connectivity index (χ1n) is 3.41.